The zero-order valence-corrected chi connectivity index (χ0v) is 7.33. The number of benzene rings is 1. The Balaban J connectivity index is 3.20. The summed E-state index contributed by atoms with van der Waals surface area (Å²) < 4.78 is 32.9. The summed E-state index contributed by atoms with van der Waals surface area (Å²) in [5, 5.41) is 8.30. The molecule has 1 aromatic carbocycles. The molecule has 0 radical (unpaired) electrons. The summed E-state index contributed by atoms with van der Waals surface area (Å²) in [5.74, 6) is -3.64. The molecule has 0 aliphatic rings. The van der Waals surface area contributed by atoms with Gasteiger partial charge in [0.25, 0.3) is 0 Å². The van der Waals surface area contributed by atoms with Gasteiger partial charge in [-0.3, -0.25) is 4.79 Å². The summed E-state index contributed by atoms with van der Waals surface area (Å²) in [7, 11) is 0. The number of aldehydes is 1. The second-order valence-electron chi connectivity index (χ2n) is 2.63. The van der Waals surface area contributed by atoms with Crippen LogP contribution in [0.15, 0.2) is 18.2 Å². The normalized spacial score (nSPS) is 11.5. The van der Waals surface area contributed by atoms with Crippen LogP contribution in [0.3, 0.4) is 0 Å². The molecule has 0 aromatic heterocycles. The van der Waals surface area contributed by atoms with Crippen LogP contribution in [0.5, 0.6) is 0 Å². The van der Waals surface area contributed by atoms with Crippen molar-refractivity contribution in [2.24, 2.45) is 0 Å². The molecule has 0 saturated heterocycles. The molecule has 0 aliphatic carbocycles. The van der Waals surface area contributed by atoms with Gasteiger partial charge in [-0.25, -0.2) is 13.6 Å². The number of carboxylic acids is 1. The van der Waals surface area contributed by atoms with Crippen molar-refractivity contribution in [2.45, 2.75) is 0 Å². The Morgan fingerprint density at radius 1 is 1.40 bits per heavy atom. The van der Waals surface area contributed by atoms with Crippen LogP contribution in [-0.2, 0) is 4.79 Å². The Morgan fingerprint density at radius 3 is 2.33 bits per heavy atom. The molecule has 0 saturated carbocycles. The zero-order chi connectivity index (χ0) is 12.3. The summed E-state index contributed by atoms with van der Waals surface area (Å²) in [6.07, 6.45) is 0.215. The van der Waals surface area contributed by atoms with Crippen LogP contribution in [0.1, 0.15) is 17.3 Å². The third kappa shape index (κ3) is 2.70. The number of rotatable bonds is 3. The lowest BCUT2D eigenvalue weighted by Crippen LogP contribution is -1.95. The minimum absolute atomic E-state index is 0.0394. The van der Waals surface area contributed by atoms with Crippen molar-refractivity contribution in [1.29, 1.82) is 0 Å². The standard InChI is InChI=1S/C10H6F2O3/c11-8-3-6(1-2-10(14)15)4-9(12)7(8)5-13/h1-5H,(H,14,15)/b2-1+/i5D. The molecule has 0 aliphatic heterocycles. The molecule has 15 heavy (non-hydrogen) atoms. The summed E-state index contributed by atoms with van der Waals surface area (Å²) in [6.45, 7) is 0. The second-order valence-corrected chi connectivity index (χ2v) is 2.63. The van der Waals surface area contributed by atoms with Crippen LogP contribution in [0.4, 0.5) is 8.78 Å². The molecule has 3 nitrogen and oxygen atoms in total. The third-order valence-electron chi connectivity index (χ3n) is 1.58. The number of carboxylic acid groups (broad SMARTS) is 1. The maximum Gasteiger partial charge on any atom is 0.328 e. The number of hydrogen-bond acceptors (Lipinski definition) is 2. The van der Waals surface area contributed by atoms with E-state index in [1.807, 2.05) is 0 Å². The van der Waals surface area contributed by atoms with Gasteiger partial charge < -0.3 is 5.11 Å². The number of carbonyl (C=O) groups is 2. The van der Waals surface area contributed by atoms with E-state index in [4.69, 9.17) is 6.48 Å². The van der Waals surface area contributed by atoms with Crippen LogP contribution < -0.4 is 0 Å². The minimum Gasteiger partial charge on any atom is -0.478 e. The topological polar surface area (TPSA) is 54.4 Å². The van der Waals surface area contributed by atoms with Gasteiger partial charge in [0.2, 0.25) is 0 Å². The Bertz CT molecular complexity index is 460. The fourth-order valence-electron chi connectivity index (χ4n) is 0.954. The van der Waals surface area contributed by atoms with Crippen molar-refractivity contribution < 1.29 is 24.8 Å². The van der Waals surface area contributed by atoms with Crippen LogP contribution >= 0.6 is 0 Å². The predicted molar refractivity (Wildman–Crippen MR) is 48.4 cm³/mol. The molecular formula is C10H6F2O3. The first kappa shape index (κ1) is 9.51. The Morgan fingerprint density at radius 2 is 1.93 bits per heavy atom. The van der Waals surface area contributed by atoms with E-state index in [0.717, 1.165) is 18.2 Å². The van der Waals surface area contributed by atoms with Crippen molar-refractivity contribution >= 4 is 18.3 Å². The maximum absolute atomic E-state index is 13.1. The number of halogens is 2. The molecule has 5 heteroatoms. The smallest absolute Gasteiger partial charge is 0.328 e. The van der Waals surface area contributed by atoms with Gasteiger partial charge in [0.15, 0.2) is 6.26 Å². The summed E-state index contributed by atoms with van der Waals surface area (Å²) >= 11 is 0. The first-order valence-electron chi connectivity index (χ1n) is 4.33. The highest BCUT2D eigenvalue weighted by atomic mass is 19.1. The molecule has 0 amide bonds. The highest BCUT2D eigenvalue weighted by molar-refractivity contribution is 5.85. The van der Waals surface area contributed by atoms with E-state index >= 15 is 0 Å². The molecule has 0 fully saturated rings. The Kier molecular flexibility index (Phi) is 2.82. The largest absolute Gasteiger partial charge is 0.478 e. The van der Waals surface area contributed by atoms with Gasteiger partial charge in [0, 0.05) is 6.08 Å². The molecular weight excluding hydrogens is 206 g/mol. The van der Waals surface area contributed by atoms with Crippen LogP contribution in [0, 0.1) is 11.6 Å². The molecule has 1 rings (SSSR count). The van der Waals surface area contributed by atoms with Crippen molar-refractivity contribution in [3.05, 3.63) is 41.0 Å². The van der Waals surface area contributed by atoms with E-state index in [-0.39, 0.29) is 5.56 Å². The summed E-state index contributed by atoms with van der Waals surface area (Å²) in [6, 6.07) is 1.56. The Labute approximate surface area is 85.1 Å². The minimum atomic E-state index is -1.47. The van der Waals surface area contributed by atoms with Gasteiger partial charge >= 0.3 is 5.97 Å². The van der Waals surface area contributed by atoms with Gasteiger partial charge in [-0.2, -0.15) is 0 Å². The first-order chi connectivity index (χ1) is 7.41. The van der Waals surface area contributed by atoms with Gasteiger partial charge in [0.1, 0.15) is 13.0 Å². The van der Waals surface area contributed by atoms with Crippen LogP contribution in [0.2, 0.25) is 0 Å². The quantitative estimate of drug-likeness (QED) is 0.616. The van der Waals surface area contributed by atoms with Gasteiger partial charge in [-0.05, 0) is 23.8 Å². The zero-order valence-electron chi connectivity index (χ0n) is 8.33. The van der Waals surface area contributed by atoms with Gasteiger partial charge in [-0.15, -0.1) is 0 Å². The van der Waals surface area contributed by atoms with Crippen LogP contribution in [0.25, 0.3) is 6.08 Å². The average molecular weight is 213 g/mol. The molecule has 0 unspecified atom stereocenters. The lowest BCUT2D eigenvalue weighted by molar-refractivity contribution is -0.131. The molecule has 0 spiro atoms. The number of hydrogen-bond donors (Lipinski definition) is 1. The van der Waals surface area contributed by atoms with Crippen molar-refractivity contribution in [2.75, 3.05) is 0 Å². The van der Waals surface area contributed by atoms with Crippen molar-refractivity contribution in [3.63, 3.8) is 0 Å². The predicted octanol–water partition coefficient (Wildman–Crippen LogP) is 1.88. The lowest BCUT2D eigenvalue weighted by Gasteiger charge is -1.99. The molecule has 1 aromatic rings. The van der Waals surface area contributed by atoms with E-state index in [9.17, 15) is 18.4 Å². The first-order valence-corrected chi connectivity index (χ1v) is 3.83. The fourth-order valence-corrected chi connectivity index (χ4v) is 0.954. The molecule has 78 valence electrons. The van der Waals surface area contributed by atoms with E-state index in [0.29, 0.717) is 6.08 Å². The van der Waals surface area contributed by atoms with E-state index in [2.05, 4.69) is 0 Å². The van der Waals surface area contributed by atoms with E-state index < -0.39 is 29.4 Å². The maximum atomic E-state index is 13.1. The number of carbonyl (C=O) groups excluding carboxylic acids is 1. The second kappa shape index (κ2) is 4.45. The Hall–Kier alpha value is -2.04. The third-order valence-corrected chi connectivity index (χ3v) is 1.58. The van der Waals surface area contributed by atoms with Gasteiger partial charge in [-0.1, -0.05) is 0 Å². The molecule has 1 N–H and O–H groups in total. The molecule has 0 bridgehead atoms. The monoisotopic (exact) mass is 213 g/mol. The fraction of sp³-hybridized carbons (Fsp3) is 0. The molecule has 0 heterocycles. The van der Waals surface area contributed by atoms with Crippen molar-refractivity contribution in [1.82, 2.24) is 0 Å². The highest BCUT2D eigenvalue weighted by Crippen LogP contribution is 2.14. The highest BCUT2D eigenvalue weighted by Gasteiger charge is 2.08. The summed E-state index contributed by atoms with van der Waals surface area (Å²) in [5.41, 5.74) is -0.991. The SMILES string of the molecule is [2H]C(=O)c1c(F)cc(/C=C/C(=O)O)cc1F. The van der Waals surface area contributed by atoms with Crippen molar-refractivity contribution in [3.8, 4) is 0 Å². The number of aliphatic carboxylic acids is 1. The lowest BCUT2D eigenvalue weighted by atomic mass is 10.1. The summed E-state index contributed by atoms with van der Waals surface area (Å²) in [4.78, 5) is 20.7. The van der Waals surface area contributed by atoms with Crippen LogP contribution in [-0.4, -0.2) is 17.3 Å². The van der Waals surface area contributed by atoms with E-state index in [1.165, 1.54) is 0 Å². The van der Waals surface area contributed by atoms with Gasteiger partial charge in [0.05, 0.1) is 5.56 Å². The average Bonchev–Trinajstić information content (AvgIpc) is 2.12. The molecule has 0 atom stereocenters. The van der Waals surface area contributed by atoms with E-state index in [1.54, 1.807) is 0 Å².